The molecule has 0 atom stereocenters. The molecule has 1 rings (SSSR count). The number of hydrogen-bond acceptors (Lipinski definition) is 2. The second-order valence-electron chi connectivity index (χ2n) is 4.74. The molecule has 0 saturated carbocycles. The van der Waals surface area contributed by atoms with Gasteiger partial charge >= 0.3 is 0 Å². The van der Waals surface area contributed by atoms with Gasteiger partial charge in [-0.3, -0.25) is 0 Å². The molecule has 0 spiro atoms. The first kappa shape index (κ1) is 13.3. The Morgan fingerprint density at radius 1 is 1.38 bits per heavy atom. The third kappa shape index (κ3) is 3.69. The normalized spacial score (nSPS) is 11.6. The number of benzene rings is 1. The molecule has 0 aromatic heterocycles. The molecule has 0 heterocycles. The molecular formula is C13H20ClNO. The highest BCUT2D eigenvalue weighted by Gasteiger charge is 2.16. The van der Waals surface area contributed by atoms with Crippen molar-refractivity contribution in [3.8, 4) is 5.75 Å². The molecule has 0 bridgehead atoms. The summed E-state index contributed by atoms with van der Waals surface area (Å²) in [6.45, 7) is 7.54. The van der Waals surface area contributed by atoms with Crippen LogP contribution in [0.3, 0.4) is 0 Å². The lowest BCUT2D eigenvalue weighted by Gasteiger charge is -2.22. The molecule has 16 heavy (non-hydrogen) atoms. The van der Waals surface area contributed by atoms with Gasteiger partial charge in [-0.25, -0.2) is 0 Å². The summed E-state index contributed by atoms with van der Waals surface area (Å²) in [4.78, 5) is 0. The fourth-order valence-corrected chi connectivity index (χ4v) is 1.81. The Balaban J connectivity index is 2.81. The van der Waals surface area contributed by atoms with E-state index >= 15 is 0 Å². The smallest absolute Gasteiger partial charge is 0.137 e. The van der Waals surface area contributed by atoms with E-state index in [1.165, 1.54) is 5.56 Å². The van der Waals surface area contributed by atoms with Crippen LogP contribution >= 0.6 is 11.6 Å². The molecule has 0 fully saturated rings. The van der Waals surface area contributed by atoms with Gasteiger partial charge in [0.1, 0.15) is 5.75 Å². The van der Waals surface area contributed by atoms with Crippen molar-refractivity contribution in [2.45, 2.75) is 27.2 Å². The molecule has 0 amide bonds. The lowest BCUT2D eigenvalue weighted by atomic mass is 9.86. The molecule has 1 aromatic rings. The van der Waals surface area contributed by atoms with E-state index in [4.69, 9.17) is 22.1 Å². The van der Waals surface area contributed by atoms with Crippen molar-refractivity contribution >= 4 is 11.6 Å². The Bertz CT molecular complexity index is 350. The molecule has 0 aliphatic rings. The first-order valence-electron chi connectivity index (χ1n) is 5.60. The van der Waals surface area contributed by atoms with Gasteiger partial charge < -0.3 is 10.5 Å². The average Bonchev–Trinajstić information content (AvgIpc) is 2.22. The molecule has 2 N–H and O–H groups in total. The van der Waals surface area contributed by atoms with Gasteiger partial charge in [0, 0.05) is 0 Å². The van der Waals surface area contributed by atoms with Crippen molar-refractivity contribution in [1.82, 2.24) is 0 Å². The Labute approximate surface area is 103 Å². The van der Waals surface area contributed by atoms with E-state index in [1.54, 1.807) is 0 Å². The van der Waals surface area contributed by atoms with Crippen molar-refractivity contribution in [3.05, 3.63) is 28.8 Å². The third-order valence-corrected chi connectivity index (χ3v) is 2.83. The van der Waals surface area contributed by atoms with Gasteiger partial charge in [0.15, 0.2) is 0 Å². The van der Waals surface area contributed by atoms with Crippen LogP contribution < -0.4 is 10.5 Å². The van der Waals surface area contributed by atoms with Crippen LogP contribution in [0.5, 0.6) is 5.75 Å². The fraction of sp³-hybridized carbons (Fsp3) is 0.538. The van der Waals surface area contributed by atoms with Crippen LogP contribution in [0.4, 0.5) is 0 Å². The van der Waals surface area contributed by atoms with Gasteiger partial charge in [0.25, 0.3) is 0 Å². The quantitative estimate of drug-likeness (QED) is 0.859. The van der Waals surface area contributed by atoms with Gasteiger partial charge in [0.2, 0.25) is 0 Å². The van der Waals surface area contributed by atoms with Crippen LogP contribution in [0.2, 0.25) is 5.02 Å². The lowest BCUT2D eigenvalue weighted by molar-refractivity contribution is 0.339. The third-order valence-electron chi connectivity index (χ3n) is 2.53. The van der Waals surface area contributed by atoms with E-state index in [0.717, 1.165) is 12.2 Å². The van der Waals surface area contributed by atoms with Crippen molar-refractivity contribution in [3.63, 3.8) is 0 Å². The minimum atomic E-state index is 0.108. The van der Waals surface area contributed by atoms with Crippen LogP contribution in [0.25, 0.3) is 0 Å². The summed E-state index contributed by atoms with van der Waals surface area (Å²) in [5.74, 6) is 0.749. The second-order valence-corrected chi connectivity index (χ2v) is 5.15. The van der Waals surface area contributed by atoms with E-state index < -0.39 is 0 Å². The average molecular weight is 242 g/mol. The minimum Gasteiger partial charge on any atom is -0.492 e. The molecule has 90 valence electrons. The monoisotopic (exact) mass is 241 g/mol. The van der Waals surface area contributed by atoms with Gasteiger partial charge in [-0.2, -0.15) is 0 Å². The summed E-state index contributed by atoms with van der Waals surface area (Å²) in [6, 6.07) is 5.94. The van der Waals surface area contributed by atoms with Gasteiger partial charge in [-0.15, -0.1) is 0 Å². The van der Waals surface area contributed by atoms with E-state index in [2.05, 4.69) is 13.8 Å². The summed E-state index contributed by atoms with van der Waals surface area (Å²) in [5.41, 5.74) is 7.02. The maximum Gasteiger partial charge on any atom is 0.137 e. The van der Waals surface area contributed by atoms with Crippen LogP contribution in [-0.2, 0) is 6.42 Å². The van der Waals surface area contributed by atoms with Crippen molar-refractivity contribution < 1.29 is 4.74 Å². The summed E-state index contributed by atoms with van der Waals surface area (Å²) in [6.07, 6.45) is 0.926. The summed E-state index contributed by atoms with van der Waals surface area (Å²) < 4.78 is 5.39. The van der Waals surface area contributed by atoms with Crippen LogP contribution in [-0.4, -0.2) is 13.2 Å². The number of ether oxygens (including phenoxy) is 1. The maximum absolute atomic E-state index is 6.12. The Hall–Kier alpha value is -0.730. The largest absolute Gasteiger partial charge is 0.492 e. The highest BCUT2D eigenvalue weighted by molar-refractivity contribution is 6.32. The molecule has 0 aliphatic carbocycles. The molecule has 0 radical (unpaired) electrons. The first-order chi connectivity index (χ1) is 7.48. The van der Waals surface area contributed by atoms with E-state index in [-0.39, 0.29) is 5.41 Å². The van der Waals surface area contributed by atoms with E-state index in [1.807, 2.05) is 25.1 Å². The van der Waals surface area contributed by atoms with Gasteiger partial charge in [0.05, 0.1) is 11.6 Å². The topological polar surface area (TPSA) is 35.2 Å². The minimum absolute atomic E-state index is 0.108. The van der Waals surface area contributed by atoms with E-state index in [9.17, 15) is 0 Å². The van der Waals surface area contributed by atoms with Gasteiger partial charge in [-0.1, -0.05) is 31.5 Å². The Kier molecular flexibility index (Phi) is 4.63. The summed E-state index contributed by atoms with van der Waals surface area (Å²) in [5, 5.41) is 0.673. The molecule has 3 heteroatoms. The summed E-state index contributed by atoms with van der Waals surface area (Å²) in [7, 11) is 0. The van der Waals surface area contributed by atoms with Crippen LogP contribution in [0.1, 0.15) is 26.3 Å². The second kappa shape index (κ2) is 5.55. The Morgan fingerprint density at radius 2 is 2.06 bits per heavy atom. The molecule has 0 saturated heterocycles. The Morgan fingerprint density at radius 3 is 2.56 bits per heavy atom. The molecule has 2 nitrogen and oxygen atoms in total. The fourth-order valence-electron chi connectivity index (χ4n) is 1.55. The van der Waals surface area contributed by atoms with Crippen molar-refractivity contribution in [1.29, 1.82) is 0 Å². The molecule has 0 unspecified atom stereocenters. The SMILES string of the molecule is CCOc1ccc(CC(C)(C)CN)cc1Cl. The predicted octanol–water partition coefficient (Wildman–Crippen LogP) is 3.27. The first-order valence-corrected chi connectivity index (χ1v) is 5.97. The van der Waals surface area contributed by atoms with Crippen molar-refractivity contribution in [2.75, 3.05) is 13.2 Å². The zero-order valence-corrected chi connectivity index (χ0v) is 11.0. The number of hydrogen-bond donors (Lipinski definition) is 1. The predicted molar refractivity (Wildman–Crippen MR) is 69.2 cm³/mol. The lowest BCUT2D eigenvalue weighted by Crippen LogP contribution is -2.25. The molecule has 0 aliphatic heterocycles. The van der Waals surface area contributed by atoms with Crippen molar-refractivity contribution in [2.24, 2.45) is 11.1 Å². The zero-order valence-electron chi connectivity index (χ0n) is 10.2. The van der Waals surface area contributed by atoms with Gasteiger partial charge in [-0.05, 0) is 43.0 Å². The summed E-state index contributed by atoms with van der Waals surface area (Å²) >= 11 is 6.12. The highest BCUT2D eigenvalue weighted by Crippen LogP contribution is 2.28. The standard InChI is InChI=1S/C13H20ClNO/c1-4-16-12-6-5-10(7-11(12)14)8-13(2,3)9-15/h5-7H,4,8-9,15H2,1-3H3. The van der Waals surface area contributed by atoms with Crippen LogP contribution in [0, 0.1) is 5.41 Å². The molecule has 1 aromatic carbocycles. The number of nitrogens with two attached hydrogens (primary N) is 1. The number of rotatable bonds is 5. The van der Waals surface area contributed by atoms with Crippen LogP contribution in [0.15, 0.2) is 18.2 Å². The van der Waals surface area contributed by atoms with E-state index in [0.29, 0.717) is 18.2 Å². The highest BCUT2D eigenvalue weighted by atomic mass is 35.5. The number of halogens is 1. The zero-order chi connectivity index (χ0) is 12.2. The maximum atomic E-state index is 6.12. The molecular weight excluding hydrogens is 222 g/mol.